The fourth-order valence-electron chi connectivity index (χ4n) is 2.79. The van der Waals surface area contributed by atoms with Gasteiger partial charge in [-0.05, 0) is 45.8 Å². The van der Waals surface area contributed by atoms with Crippen LogP contribution in [0.5, 0.6) is 5.75 Å². The van der Waals surface area contributed by atoms with Gasteiger partial charge in [0.15, 0.2) is 0 Å². The van der Waals surface area contributed by atoms with Gasteiger partial charge in [-0.3, -0.25) is 0 Å². The third-order valence-electron chi connectivity index (χ3n) is 4.29. The van der Waals surface area contributed by atoms with E-state index in [9.17, 15) is 9.18 Å². The molecule has 0 unspecified atom stereocenters. The number of rotatable bonds is 8. The van der Waals surface area contributed by atoms with Gasteiger partial charge in [-0.15, -0.1) is 11.8 Å². The van der Waals surface area contributed by atoms with Gasteiger partial charge in [0, 0.05) is 34.0 Å². The van der Waals surface area contributed by atoms with Crippen molar-refractivity contribution in [2.45, 2.75) is 10.6 Å². The minimum absolute atomic E-state index is 0.0471. The summed E-state index contributed by atoms with van der Waals surface area (Å²) in [6.45, 7) is 0. The van der Waals surface area contributed by atoms with Crippen LogP contribution < -0.4 is 10.1 Å². The summed E-state index contributed by atoms with van der Waals surface area (Å²) >= 11 is 4.40. The molecule has 0 aliphatic heterocycles. The molecule has 0 radical (unpaired) electrons. The minimum atomic E-state index is -1.21. The number of carbonyl (C=O) groups is 1. The molecule has 0 heterocycles. The van der Waals surface area contributed by atoms with E-state index in [-0.39, 0.29) is 21.4 Å². The summed E-state index contributed by atoms with van der Waals surface area (Å²) in [5.74, 6) is -1.41. The van der Waals surface area contributed by atoms with Gasteiger partial charge in [-0.25, -0.2) is 13.6 Å². The quantitative estimate of drug-likeness (QED) is 0.258. The summed E-state index contributed by atoms with van der Waals surface area (Å²) in [7, 11) is 1.43. The number of halogens is 3. The highest BCUT2D eigenvalue weighted by atomic mass is 79.9. The molecule has 0 fully saturated rings. The SMILES string of the molecule is COc1cc(Br)c(F)cc1Nc1ccc(SCc2ccccc2)c(F)c1C=CC(=O)O. The van der Waals surface area contributed by atoms with Gasteiger partial charge in [-0.2, -0.15) is 0 Å². The van der Waals surface area contributed by atoms with Crippen LogP contribution in [0.4, 0.5) is 20.2 Å². The largest absolute Gasteiger partial charge is 0.495 e. The molecule has 0 spiro atoms. The topological polar surface area (TPSA) is 58.6 Å². The first-order valence-corrected chi connectivity index (χ1v) is 10.9. The molecule has 0 saturated carbocycles. The summed E-state index contributed by atoms with van der Waals surface area (Å²) in [5, 5.41) is 12.0. The number of ether oxygens (including phenoxy) is 1. The highest BCUT2D eigenvalue weighted by molar-refractivity contribution is 9.10. The second kappa shape index (κ2) is 10.5. The van der Waals surface area contributed by atoms with Crippen LogP contribution in [0.15, 0.2) is 70.0 Å². The van der Waals surface area contributed by atoms with Crippen molar-refractivity contribution in [1.29, 1.82) is 0 Å². The molecule has 3 aromatic carbocycles. The van der Waals surface area contributed by atoms with E-state index in [1.54, 1.807) is 12.1 Å². The van der Waals surface area contributed by atoms with Crippen molar-refractivity contribution in [2.75, 3.05) is 12.4 Å². The van der Waals surface area contributed by atoms with Crippen molar-refractivity contribution in [2.24, 2.45) is 0 Å². The van der Waals surface area contributed by atoms with Crippen LogP contribution in [-0.4, -0.2) is 18.2 Å². The number of hydrogen-bond donors (Lipinski definition) is 2. The van der Waals surface area contributed by atoms with E-state index < -0.39 is 17.6 Å². The van der Waals surface area contributed by atoms with Gasteiger partial charge < -0.3 is 15.2 Å². The molecule has 0 atom stereocenters. The molecule has 2 N–H and O–H groups in total. The van der Waals surface area contributed by atoms with E-state index in [0.717, 1.165) is 11.6 Å². The Bertz CT molecular complexity index is 1120. The molecule has 160 valence electrons. The van der Waals surface area contributed by atoms with Crippen LogP contribution in [0.2, 0.25) is 0 Å². The molecule has 31 heavy (non-hydrogen) atoms. The molecule has 8 heteroatoms. The van der Waals surface area contributed by atoms with Gasteiger partial charge in [0.1, 0.15) is 17.4 Å². The van der Waals surface area contributed by atoms with Gasteiger partial charge in [0.2, 0.25) is 0 Å². The number of aliphatic carboxylic acids is 1. The predicted molar refractivity (Wildman–Crippen MR) is 123 cm³/mol. The average molecular weight is 506 g/mol. The number of benzene rings is 3. The molecular formula is C23H18BrF2NO3S. The molecular weight excluding hydrogens is 488 g/mol. The Labute approximate surface area is 191 Å². The summed E-state index contributed by atoms with van der Waals surface area (Å²) in [6, 6.07) is 15.5. The lowest BCUT2D eigenvalue weighted by molar-refractivity contribution is -0.131. The number of anilines is 2. The van der Waals surface area contributed by atoms with Crippen molar-refractivity contribution in [3.8, 4) is 5.75 Å². The van der Waals surface area contributed by atoms with E-state index in [2.05, 4.69) is 21.2 Å². The average Bonchev–Trinajstić information content (AvgIpc) is 2.75. The molecule has 4 nitrogen and oxygen atoms in total. The first-order valence-electron chi connectivity index (χ1n) is 9.09. The second-order valence-corrected chi connectivity index (χ2v) is 8.25. The summed E-state index contributed by atoms with van der Waals surface area (Å²) in [4.78, 5) is 11.4. The molecule has 3 rings (SSSR count). The summed E-state index contributed by atoms with van der Waals surface area (Å²) in [5.41, 5.74) is 1.63. The van der Waals surface area contributed by atoms with Crippen LogP contribution in [-0.2, 0) is 10.5 Å². The Morgan fingerprint density at radius 1 is 1.16 bits per heavy atom. The van der Waals surface area contributed by atoms with E-state index in [0.29, 0.717) is 16.4 Å². The van der Waals surface area contributed by atoms with Crippen molar-refractivity contribution >= 4 is 51.1 Å². The maximum absolute atomic E-state index is 15.3. The fourth-order valence-corrected chi connectivity index (χ4v) is 4.02. The Morgan fingerprint density at radius 3 is 2.58 bits per heavy atom. The van der Waals surface area contributed by atoms with E-state index in [4.69, 9.17) is 9.84 Å². The summed E-state index contributed by atoms with van der Waals surface area (Å²) in [6.07, 6.45) is 2.03. The zero-order valence-electron chi connectivity index (χ0n) is 16.4. The fraction of sp³-hybridized carbons (Fsp3) is 0.0870. The van der Waals surface area contributed by atoms with E-state index in [1.807, 2.05) is 30.3 Å². The molecule has 0 aliphatic carbocycles. The first-order chi connectivity index (χ1) is 14.9. The third-order valence-corrected chi connectivity index (χ3v) is 6.00. The normalized spacial score (nSPS) is 11.0. The Hall–Kier alpha value is -2.84. The lowest BCUT2D eigenvalue weighted by Crippen LogP contribution is -2.01. The molecule has 0 saturated heterocycles. The van der Waals surface area contributed by atoms with Crippen molar-refractivity contribution < 1.29 is 23.4 Å². The number of methoxy groups -OCH3 is 1. The van der Waals surface area contributed by atoms with Crippen molar-refractivity contribution in [3.63, 3.8) is 0 Å². The van der Waals surface area contributed by atoms with Gasteiger partial charge in [-0.1, -0.05) is 30.3 Å². The van der Waals surface area contributed by atoms with Crippen LogP contribution in [0, 0.1) is 11.6 Å². The van der Waals surface area contributed by atoms with Gasteiger partial charge >= 0.3 is 5.97 Å². The van der Waals surface area contributed by atoms with E-state index in [1.165, 1.54) is 37.1 Å². The maximum Gasteiger partial charge on any atom is 0.328 e. The first kappa shape index (κ1) is 22.8. The minimum Gasteiger partial charge on any atom is -0.495 e. The Morgan fingerprint density at radius 2 is 1.90 bits per heavy atom. The van der Waals surface area contributed by atoms with Crippen LogP contribution in [0.25, 0.3) is 6.08 Å². The van der Waals surface area contributed by atoms with Gasteiger partial charge in [0.25, 0.3) is 0 Å². The molecule has 3 aromatic rings. The highest BCUT2D eigenvalue weighted by Gasteiger charge is 2.16. The third kappa shape index (κ3) is 5.86. The zero-order chi connectivity index (χ0) is 22.4. The summed E-state index contributed by atoms with van der Waals surface area (Å²) < 4.78 is 34.8. The lowest BCUT2D eigenvalue weighted by Gasteiger charge is -2.16. The lowest BCUT2D eigenvalue weighted by atomic mass is 10.1. The van der Waals surface area contributed by atoms with Crippen LogP contribution >= 0.6 is 27.7 Å². The van der Waals surface area contributed by atoms with Crippen molar-refractivity contribution in [1.82, 2.24) is 0 Å². The smallest absolute Gasteiger partial charge is 0.328 e. The Kier molecular flexibility index (Phi) is 7.70. The number of thioether (sulfide) groups is 1. The highest BCUT2D eigenvalue weighted by Crippen LogP contribution is 2.37. The number of hydrogen-bond acceptors (Lipinski definition) is 4. The number of carboxylic acid groups (broad SMARTS) is 1. The standard InChI is InChI=1S/C23H18BrF2NO3S/c1-30-20-11-16(24)17(25)12-19(20)27-18-8-9-21(23(26)15(18)7-10-22(28)29)31-13-14-5-3-2-4-6-14/h2-12,27H,13H2,1H3,(H,28,29). The maximum atomic E-state index is 15.3. The number of carboxylic acids is 1. The second-order valence-electron chi connectivity index (χ2n) is 6.38. The molecule has 0 bridgehead atoms. The Balaban J connectivity index is 1.97. The van der Waals surface area contributed by atoms with Gasteiger partial charge in [0.05, 0.1) is 17.3 Å². The molecule has 0 aromatic heterocycles. The van der Waals surface area contributed by atoms with Crippen LogP contribution in [0.1, 0.15) is 11.1 Å². The molecule has 0 amide bonds. The zero-order valence-corrected chi connectivity index (χ0v) is 18.8. The number of nitrogens with one attached hydrogen (secondary N) is 1. The molecule has 0 aliphatic rings. The van der Waals surface area contributed by atoms with Crippen LogP contribution in [0.3, 0.4) is 0 Å². The van der Waals surface area contributed by atoms with Crippen molar-refractivity contribution in [3.05, 3.63) is 87.9 Å². The monoisotopic (exact) mass is 505 g/mol. The predicted octanol–water partition coefficient (Wildman–Crippen LogP) is 6.87. The van der Waals surface area contributed by atoms with E-state index >= 15 is 4.39 Å².